The number of hydrogen-bond donors (Lipinski definition) is 0. The lowest BCUT2D eigenvalue weighted by molar-refractivity contribution is -0.135. The third kappa shape index (κ3) is 2.71. The van der Waals surface area contributed by atoms with Gasteiger partial charge in [0.2, 0.25) is 0 Å². The SMILES string of the molecule is CC[C@H]1CC[C@]2(C)C3CC[C@@]4(C)C(CC[C@@H]4C(=O)CBr)C3CC[C@H]2C1. The van der Waals surface area contributed by atoms with E-state index in [1.165, 1.54) is 57.8 Å². The number of rotatable bonds is 3. The maximum Gasteiger partial charge on any atom is 0.147 e. The van der Waals surface area contributed by atoms with Gasteiger partial charge < -0.3 is 0 Å². The van der Waals surface area contributed by atoms with Crippen LogP contribution < -0.4 is 0 Å². The van der Waals surface area contributed by atoms with Gasteiger partial charge in [-0.05, 0) is 98.2 Å². The predicted molar refractivity (Wildman–Crippen MR) is 108 cm³/mol. The molecule has 4 rings (SSSR count). The van der Waals surface area contributed by atoms with Gasteiger partial charge in [-0.25, -0.2) is 0 Å². The second kappa shape index (κ2) is 6.64. The molecule has 0 bridgehead atoms. The maximum absolute atomic E-state index is 12.5. The van der Waals surface area contributed by atoms with Crippen molar-refractivity contribution in [2.75, 3.05) is 5.33 Å². The van der Waals surface area contributed by atoms with E-state index in [4.69, 9.17) is 0 Å². The summed E-state index contributed by atoms with van der Waals surface area (Å²) in [6.45, 7) is 7.54. The molecule has 4 aliphatic rings. The third-order valence-corrected chi connectivity index (χ3v) is 10.4. The Morgan fingerprint density at radius 2 is 1.68 bits per heavy atom. The molecule has 0 spiro atoms. The summed E-state index contributed by atoms with van der Waals surface area (Å²) >= 11 is 3.45. The fraction of sp³-hybridized carbons (Fsp3) is 0.957. The van der Waals surface area contributed by atoms with E-state index in [-0.39, 0.29) is 0 Å². The fourth-order valence-corrected chi connectivity index (χ4v) is 8.73. The van der Waals surface area contributed by atoms with Gasteiger partial charge in [-0.3, -0.25) is 4.79 Å². The van der Waals surface area contributed by atoms with Crippen LogP contribution in [0.4, 0.5) is 0 Å². The number of hydrogen-bond acceptors (Lipinski definition) is 1. The Hall–Kier alpha value is 0.150. The summed E-state index contributed by atoms with van der Waals surface area (Å²) in [5.41, 5.74) is 0.906. The molecule has 0 aliphatic heterocycles. The zero-order chi connectivity index (χ0) is 17.8. The van der Waals surface area contributed by atoms with E-state index in [1.54, 1.807) is 0 Å². The first-order valence-corrected chi connectivity index (χ1v) is 12.1. The summed E-state index contributed by atoms with van der Waals surface area (Å²) in [7, 11) is 0. The quantitative estimate of drug-likeness (QED) is 0.478. The number of Topliss-reactive ketones (excluding diaryl/α,β-unsaturated/α-hetero) is 1. The highest BCUT2D eigenvalue weighted by molar-refractivity contribution is 9.09. The zero-order valence-corrected chi connectivity index (χ0v) is 18.1. The molecule has 25 heavy (non-hydrogen) atoms. The van der Waals surface area contributed by atoms with Crippen LogP contribution in [0.2, 0.25) is 0 Å². The molecule has 8 atom stereocenters. The van der Waals surface area contributed by atoms with E-state index in [0.717, 1.165) is 36.0 Å². The first-order chi connectivity index (χ1) is 11.9. The molecule has 0 aromatic carbocycles. The Labute approximate surface area is 163 Å². The largest absolute Gasteiger partial charge is 0.298 e. The molecule has 0 radical (unpaired) electrons. The molecule has 0 amide bonds. The molecule has 1 nitrogen and oxygen atoms in total. The van der Waals surface area contributed by atoms with Crippen LogP contribution in [-0.2, 0) is 4.79 Å². The maximum atomic E-state index is 12.5. The Kier molecular flexibility index (Phi) is 4.92. The van der Waals surface area contributed by atoms with Gasteiger partial charge in [0.1, 0.15) is 5.78 Å². The second-order valence-corrected chi connectivity index (χ2v) is 11.0. The summed E-state index contributed by atoms with van der Waals surface area (Å²) in [6.07, 6.45) is 13.9. The Balaban J connectivity index is 1.57. The summed E-state index contributed by atoms with van der Waals surface area (Å²) in [5, 5.41) is 0.562. The molecule has 0 aromatic heterocycles. The van der Waals surface area contributed by atoms with E-state index in [9.17, 15) is 4.79 Å². The van der Waals surface area contributed by atoms with Crippen molar-refractivity contribution in [3.63, 3.8) is 0 Å². The lowest BCUT2D eigenvalue weighted by Crippen LogP contribution is -2.53. The summed E-state index contributed by atoms with van der Waals surface area (Å²) in [4.78, 5) is 12.5. The van der Waals surface area contributed by atoms with Gasteiger partial charge in [-0.1, -0.05) is 43.1 Å². The van der Waals surface area contributed by atoms with Crippen molar-refractivity contribution in [2.24, 2.45) is 46.3 Å². The van der Waals surface area contributed by atoms with E-state index in [0.29, 0.717) is 27.9 Å². The molecule has 0 heterocycles. The normalized spacial score (nSPS) is 52.2. The van der Waals surface area contributed by atoms with Crippen LogP contribution in [0, 0.1) is 46.3 Å². The summed E-state index contributed by atoms with van der Waals surface area (Å²) < 4.78 is 0. The minimum atomic E-state index is 0.301. The fourth-order valence-electron chi connectivity index (χ4n) is 8.34. The topological polar surface area (TPSA) is 17.1 Å². The van der Waals surface area contributed by atoms with Crippen LogP contribution in [0.3, 0.4) is 0 Å². The van der Waals surface area contributed by atoms with Crippen molar-refractivity contribution in [1.29, 1.82) is 0 Å². The minimum absolute atomic E-state index is 0.301. The van der Waals surface area contributed by atoms with E-state index in [2.05, 4.69) is 36.7 Å². The number of carbonyl (C=O) groups is 1. The molecule has 2 heteroatoms. The van der Waals surface area contributed by atoms with E-state index in [1.807, 2.05) is 0 Å². The van der Waals surface area contributed by atoms with Crippen LogP contribution in [0.25, 0.3) is 0 Å². The average molecular weight is 409 g/mol. The summed E-state index contributed by atoms with van der Waals surface area (Å²) in [6, 6.07) is 0. The first kappa shape index (κ1) is 18.5. The standard InChI is InChI=1S/C23H37BrO/c1-4-15-9-11-22(2)16(13-15)5-6-17-18-7-8-20(21(25)14-24)23(18,3)12-10-19(17)22/h15-20H,4-14H2,1-3H3/t15-,16-,17?,18?,19?,20+,22-,23-/m0/s1. The Bertz CT molecular complexity index is 530. The van der Waals surface area contributed by atoms with Crippen LogP contribution >= 0.6 is 15.9 Å². The number of carbonyl (C=O) groups excluding carboxylic acids is 1. The Morgan fingerprint density at radius 3 is 2.40 bits per heavy atom. The monoisotopic (exact) mass is 408 g/mol. The van der Waals surface area contributed by atoms with Crippen LogP contribution in [0.1, 0.15) is 85.0 Å². The molecule has 142 valence electrons. The number of fused-ring (bicyclic) bond motifs is 5. The highest BCUT2D eigenvalue weighted by Crippen LogP contribution is 2.67. The average Bonchev–Trinajstić information content (AvgIpc) is 2.97. The van der Waals surface area contributed by atoms with Crippen molar-refractivity contribution < 1.29 is 4.79 Å². The molecule has 0 aromatic rings. The minimum Gasteiger partial charge on any atom is -0.298 e. The zero-order valence-electron chi connectivity index (χ0n) is 16.5. The number of ketones is 1. The van der Waals surface area contributed by atoms with E-state index >= 15 is 0 Å². The van der Waals surface area contributed by atoms with Crippen molar-refractivity contribution in [3.05, 3.63) is 0 Å². The highest BCUT2D eigenvalue weighted by Gasteiger charge is 2.60. The second-order valence-electron chi connectivity index (χ2n) is 10.5. The predicted octanol–water partition coefficient (Wildman–Crippen LogP) is 6.64. The molecule has 0 N–H and O–H groups in total. The van der Waals surface area contributed by atoms with Gasteiger partial charge in [0.25, 0.3) is 0 Å². The van der Waals surface area contributed by atoms with E-state index < -0.39 is 0 Å². The van der Waals surface area contributed by atoms with Crippen LogP contribution in [-0.4, -0.2) is 11.1 Å². The van der Waals surface area contributed by atoms with Gasteiger partial charge in [-0.15, -0.1) is 0 Å². The van der Waals surface area contributed by atoms with Gasteiger partial charge >= 0.3 is 0 Å². The number of alkyl halides is 1. The van der Waals surface area contributed by atoms with Crippen molar-refractivity contribution in [1.82, 2.24) is 0 Å². The Morgan fingerprint density at radius 1 is 0.960 bits per heavy atom. The van der Waals surface area contributed by atoms with Gasteiger partial charge in [0, 0.05) is 5.92 Å². The van der Waals surface area contributed by atoms with Crippen LogP contribution in [0.5, 0.6) is 0 Å². The third-order valence-electron chi connectivity index (χ3n) is 9.87. The first-order valence-electron chi connectivity index (χ1n) is 11.0. The van der Waals surface area contributed by atoms with Gasteiger partial charge in [0.05, 0.1) is 5.33 Å². The molecule has 0 saturated heterocycles. The molecule has 4 saturated carbocycles. The lowest BCUT2D eigenvalue weighted by atomic mass is 9.44. The van der Waals surface area contributed by atoms with Crippen molar-refractivity contribution >= 4 is 21.7 Å². The molecule has 3 unspecified atom stereocenters. The summed E-state index contributed by atoms with van der Waals surface area (Å²) in [5.74, 6) is 5.47. The van der Waals surface area contributed by atoms with Gasteiger partial charge in [-0.2, -0.15) is 0 Å². The number of halogens is 1. The van der Waals surface area contributed by atoms with Crippen molar-refractivity contribution in [3.8, 4) is 0 Å². The lowest BCUT2D eigenvalue weighted by Gasteiger charge is -2.61. The molecular formula is C23H37BrO. The van der Waals surface area contributed by atoms with Gasteiger partial charge in [0.15, 0.2) is 0 Å². The van der Waals surface area contributed by atoms with Crippen LogP contribution in [0.15, 0.2) is 0 Å². The smallest absolute Gasteiger partial charge is 0.147 e. The molecular weight excluding hydrogens is 372 g/mol. The molecule has 4 aliphatic carbocycles. The highest BCUT2D eigenvalue weighted by atomic mass is 79.9. The molecule has 4 fully saturated rings. The van der Waals surface area contributed by atoms with Crippen molar-refractivity contribution in [2.45, 2.75) is 85.0 Å².